The van der Waals surface area contributed by atoms with Crippen molar-refractivity contribution < 1.29 is 13.9 Å². The van der Waals surface area contributed by atoms with Crippen LogP contribution < -0.4 is 0 Å². The predicted molar refractivity (Wildman–Crippen MR) is 111 cm³/mol. The molecule has 30 heavy (non-hydrogen) atoms. The van der Waals surface area contributed by atoms with Crippen molar-refractivity contribution in [1.29, 1.82) is 0 Å². The highest BCUT2D eigenvalue weighted by atomic mass is 16.5. The Morgan fingerprint density at radius 3 is 2.70 bits per heavy atom. The molecule has 156 valence electrons. The summed E-state index contributed by atoms with van der Waals surface area (Å²) in [5.41, 5.74) is 1.22. The zero-order valence-corrected chi connectivity index (χ0v) is 17.4. The quantitative estimate of drug-likeness (QED) is 0.658. The number of hydrogen-bond donors (Lipinski definition) is 0. The molecule has 2 aliphatic heterocycles. The van der Waals surface area contributed by atoms with Gasteiger partial charge in [-0.15, -0.1) is 10.2 Å². The van der Waals surface area contributed by atoms with Gasteiger partial charge in [0.15, 0.2) is 0 Å². The van der Waals surface area contributed by atoms with Crippen molar-refractivity contribution in [2.45, 2.75) is 38.5 Å². The number of nitrogens with zero attached hydrogens (tertiary/aromatic N) is 4. The zero-order chi connectivity index (χ0) is 20.7. The first-order valence-electron chi connectivity index (χ1n) is 10.6. The maximum atomic E-state index is 13.4. The minimum atomic E-state index is -0.0917. The van der Waals surface area contributed by atoms with E-state index in [4.69, 9.17) is 9.15 Å². The molecule has 2 aliphatic rings. The molecule has 4 heterocycles. The third kappa shape index (κ3) is 3.27. The highest BCUT2D eigenvalue weighted by Crippen LogP contribution is 2.49. The van der Waals surface area contributed by atoms with E-state index in [2.05, 4.69) is 15.2 Å². The van der Waals surface area contributed by atoms with E-state index in [0.717, 1.165) is 23.7 Å². The van der Waals surface area contributed by atoms with Crippen molar-refractivity contribution in [3.05, 3.63) is 53.9 Å². The van der Waals surface area contributed by atoms with Crippen LogP contribution in [0.5, 0.6) is 0 Å². The number of carbonyl (C=O) groups is 1. The van der Waals surface area contributed by atoms with Gasteiger partial charge in [-0.05, 0) is 25.0 Å². The Morgan fingerprint density at radius 1 is 1.13 bits per heavy atom. The Balaban J connectivity index is 1.46. The van der Waals surface area contributed by atoms with E-state index < -0.39 is 0 Å². The van der Waals surface area contributed by atoms with Crippen molar-refractivity contribution in [2.75, 3.05) is 26.3 Å². The van der Waals surface area contributed by atoms with E-state index in [0.29, 0.717) is 43.8 Å². The number of carbonyl (C=O) groups excluding carboxylic acids is 1. The molecule has 0 N–H and O–H groups in total. The number of pyridine rings is 1. The lowest BCUT2D eigenvalue weighted by Crippen LogP contribution is -2.37. The van der Waals surface area contributed by atoms with E-state index in [1.54, 1.807) is 0 Å². The van der Waals surface area contributed by atoms with Crippen molar-refractivity contribution in [1.82, 2.24) is 20.1 Å². The molecule has 0 radical (unpaired) electrons. The number of benzene rings is 1. The molecule has 0 aliphatic carbocycles. The number of para-hydroxylation sites is 1. The van der Waals surface area contributed by atoms with Gasteiger partial charge in [0.05, 0.1) is 11.4 Å². The molecule has 1 spiro atoms. The normalized spacial score (nSPS) is 21.0. The van der Waals surface area contributed by atoms with Gasteiger partial charge in [0.25, 0.3) is 5.91 Å². The smallest absolute Gasteiger partial charge is 0.272 e. The third-order valence-electron chi connectivity index (χ3n) is 6.49. The maximum absolute atomic E-state index is 13.4. The van der Waals surface area contributed by atoms with Crippen LogP contribution in [0.2, 0.25) is 0 Å². The molecule has 3 aromatic rings. The Kier molecular flexibility index (Phi) is 4.77. The first-order chi connectivity index (χ1) is 14.6. The van der Waals surface area contributed by atoms with Crippen LogP contribution in [0, 0.1) is 5.41 Å². The molecule has 1 aromatic carbocycles. The monoisotopic (exact) mass is 406 g/mol. The minimum absolute atomic E-state index is 0.0193. The number of ether oxygens (including phenoxy) is 1. The fourth-order valence-corrected chi connectivity index (χ4v) is 4.72. The van der Waals surface area contributed by atoms with Gasteiger partial charge in [-0.25, -0.2) is 4.98 Å². The van der Waals surface area contributed by atoms with Gasteiger partial charge >= 0.3 is 0 Å². The second kappa shape index (κ2) is 7.47. The van der Waals surface area contributed by atoms with Crippen LogP contribution in [0.25, 0.3) is 10.9 Å². The van der Waals surface area contributed by atoms with E-state index in [9.17, 15) is 4.79 Å². The summed E-state index contributed by atoms with van der Waals surface area (Å²) in [7, 11) is 0. The van der Waals surface area contributed by atoms with Crippen LogP contribution in [0.1, 0.15) is 60.8 Å². The van der Waals surface area contributed by atoms with Crippen LogP contribution in [0.15, 0.2) is 40.8 Å². The molecule has 2 fully saturated rings. The second-order valence-electron chi connectivity index (χ2n) is 8.74. The summed E-state index contributed by atoms with van der Waals surface area (Å²) in [4.78, 5) is 19.9. The van der Waals surface area contributed by atoms with Gasteiger partial charge in [0.1, 0.15) is 5.69 Å². The first-order valence-corrected chi connectivity index (χ1v) is 10.6. The number of rotatable bonds is 3. The van der Waals surface area contributed by atoms with Crippen molar-refractivity contribution in [2.24, 2.45) is 5.41 Å². The molecule has 1 atom stereocenters. The first kappa shape index (κ1) is 19.2. The largest absolute Gasteiger partial charge is 0.425 e. The topological polar surface area (TPSA) is 81.4 Å². The fourth-order valence-electron chi connectivity index (χ4n) is 4.72. The number of fused-ring (bicyclic) bond motifs is 1. The highest BCUT2D eigenvalue weighted by molar-refractivity contribution is 5.95. The summed E-state index contributed by atoms with van der Waals surface area (Å²) in [6.45, 7) is 6.69. The lowest BCUT2D eigenvalue weighted by Gasteiger charge is -2.36. The van der Waals surface area contributed by atoms with Crippen LogP contribution in [-0.2, 0) is 4.74 Å². The third-order valence-corrected chi connectivity index (χ3v) is 6.49. The number of amides is 1. The van der Waals surface area contributed by atoms with Gasteiger partial charge in [0, 0.05) is 43.0 Å². The van der Waals surface area contributed by atoms with Crippen LogP contribution in [-0.4, -0.2) is 52.3 Å². The number of hydrogen-bond acceptors (Lipinski definition) is 6. The van der Waals surface area contributed by atoms with Crippen molar-refractivity contribution >= 4 is 16.8 Å². The van der Waals surface area contributed by atoms with E-state index >= 15 is 0 Å². The SMILES string of the molecule is CC(C)c1nnc(C2CN(C(=O)c3ccc4ccccc4n3)CC23CCOCC3)o1. The lowest BCUT2D eigenvalue weighted by atomic mass is 9.72. The zero-order valence-electron chi connectivity index (χ0n) is 17.4. The van der Waals surface area contributed by atoms with E-state index in [1.165, 1.54) is 0 Å². The lowest BCUT2D eigenvalue weighted by molar-refractivity contribution is 0.00885. The van der Waals surface area contributed by atoms with Crippen LogP contribution >= 0.6 is 0 Å². The average Bonchev–Trinajstić information content (AvgIpc) is 3.39. The molecule has 2 saturated heterocycles. The Labute approximate surface area is 175 Å². The number of aromatic nitrogens is 3. The Hall–Kier alpha value is -2.80. The summed E-state index contributed by atoms with van der Waals surface area (Å²) < 4.78 is 11.7. The molecule has 7 nitrogen and oxygen atoms in total. The standard InChI is InChI=1S/C23H26N4O3/c1-15(2)20-25-26-21(30-20)17-13-27(14-23(17)9-11-29-12-10-23)22(28)19-8-7-16-5-3-4-6-18(16)24-19/h3-8,15,17H,9-14H2,1-2H3. The van der Waals surface area contributed by atoms with Gasteiger partial charge in [-0.2, -0.15) is 0 Å². The van der Waals surface area contributed by atoms with Gasteiger partial charge in [-0.1, -0.05) is 38.1 Å². The van der Waals surface area contributed by atoms with E-state index in [1.807, 2.05) is 55.1 Å². The highest BCUT2D eigenvalue weighted by Gasteiger charge is 2.51. The molecule has 1 amide bonds. The molecular formula is C23H26N4O3. The Morgan fingerprint density at radius 2 is 1.93 bits per heavy atom. The second-order valence-corrected chi connectivity index (χ2v) is 8.74. The number of likely N-dealkylation sites (tertiary alicyclic amines) is 1. The van der Waals surface area contributed by atoms with Gasteiger partial charge in [0.2, 0.25) is 11.8 Å². The molecule has 7 heteroatoms. The Bertz CT molecular complexity index is 1070. The van der Waals surface area contributed by atoms with Gasteiger partial charge in [-0.3, -0.25) is 4.79 Å². The molecule has 5 rings (SSSR count). The minimum Gasteiger partial charge on any atom is -0.425 e. The van der Waals surface area contributed by atoms with Crippen LogP contribution in [0.3, 0.4) is 0 Å². The summed E-state index contributed by atoms with van der Waals surface area (Å²) in [6.07, 6.45) is 1.76. The predicted octanol–water partition coefficient (Wildman–Crippen LogP) is 3.78. The summed E-state index contributed by atoms with van der Waals surface area (Å²) in [5, 5.41) is 9.63. The molecular weight excluding hydrogens is 380 g/mol. The summed E-state index contributed by atoms with van der Waals surface area (Å²) >= 11 is 0. The fraction of sp³-hybridized carbons (Fsp3) is 0.478. The van der Waals surface area contributed by atoms with Crippen molar-refractivity contribution in [3.63, 3.8) is 0 Å². The summed E-state index contributed by atoms with van der Waals surface area (Å²) in [5.74, 6) is 1.44. The maximum Gasteiger partial charge on any atom is 0.272 e. The van der Waals surface area contributed by atoms with Crippen LogP contribution in [0.4, 0.5) is 0 Å². The molecule has 0 bridgehead atoms. The molecule has 0 saturated carbocycles. The summed E-state index contributed by atoms with van der Waals surface area (Å²) in [6, 6.07) is 11.6. The molecule has 2 aromatic heterocycles. The van der Waals surface area contributed by atoms with Crippen molar-refractivity contribution in [3.8, 4) is 0 Å². The van der Waals surface area contributed by atoms with Gasteiger partial charge < -0.3 is 14.1 Å². The average molecular weight is 406 g/mol. The molecule has 1 unspecified atom stereocenters. The van der Waals surface area contributed by atoms with E-state index in [-0.39, 0.29) is 23.2 Å².